The van der Waals surface area contributed by atoms with Gasteiger partial charge in [0.05, 0.1) is 7.11 Å². The fraction of sp³-hybridized carbons (Fsp3) is 0.0714. The summed E-state index contributed by atoms with van der Waals surface area (Å²) in [6.07, 6.45) is 1.41. The van der Waals surface area contributed by atoms with Gasteiger partial charge < -0.3 is 15.4 Å². The zero-order valence-corrected chi connectivity index (χ0v) is 11.8. The molecule has 0 spiro atoms. The number of aromatic nitrogens is 1. The van der Waals surface area contributed by atoms with Crippen LogP contribution in [0.3, 0.4) is 0 Å². The maximum Gasteiger partial charge on any atom is 0.356 e. The van der Waals surface area contributed by atoms with E-state index in [0.717, 1.165) is 0 Å². The summed E-state index contributed by atoms with van der Waals surface area (Å²) < 4.78 is 4.56. The molecule has 2 amide bonds. The van der Waals surface area contributed by atoms with E-state index in [9.17, 15) is 9.59 Å². The van der Waals surface area contributed by atoms with E-state index in [1.807, 2.05) is 0 Å². The molecule has 0 atom stereocenters. The molecule has 0 aliphatic heterocycles. The van der Waals surface area contributed by atoms with Gasteiger partial charge in [0.15, 0.2) is 0 Å². The highest BCUT2D eigenvalue weighted by atomic mass is 35.5. The van der Waals surface area contributed by atoms with E-state index in [2.05, 4.69) is 20.4 Å². The summed E-state index contributed by atoms with van der Waals surface area (Å²) in [7, 11) is 1.26. The highest BCUT2D eigenvalue weighted by molar-refractivity contribution is 6.30. The molecule has 7 heteroatoms. The van der Waals surface area contributed by atoms with Crippen molar-refractivity contribution in [1.82, 2.24) is 4.98 Å². The van der Waals surface area contributed by atoms with Crippen molar-refractivity contribution in [2.45, 2.75) is 0 Å². The van der Waals surface area contributed by atoms with E-state index in [0.29, 0.717) is 16.4 Å². The fourth-order valence-electron chi connectivity index (χ4n) is 1.55. The average Bonchev–Trinajstić information content (AvgIpc) is 2.49. The minimum absolute atomic E-state index is 0.113. The monoisotopic (exact) mass is 305 g/mol. The number of hydrogen-bond acceptors (Lipinski definition) is 4. The molecule has 1 heterocycles. The van der Waals surface area contributed by atoms with Gasteiger partial charge in [-0.05, 0) is 36.4 Å². The van der Waals surface area contributed by atoms with Gasteiger partial charge in [0, 0.05) is 22.6 Å². The molecule has 1 aromatic carbocycles. The van der Waals surface area contributed by atoms with Gasteiger partial charge in [-0.25, -0.2) is 14.6 Å². The first-order valence-electron chi connectivity index (χ1n) is 5.96. The molecule has 21 heavy (non-hydrogen) atoms. The first kappa shape index (κ1) is 14.8. The summed E-state index contributed by atoms with van der Waals surface area (Å²) >= 11 is 5.76. The summed E-state index contributed by atoms with van der Waals surface area (Å²) in [5.41, 5.74) is 1.14. The number of nitrogens with zero attached hydrogens (tertiary/aromatic N) is 1. The van der Waals surface area contributed by atoms with Gasteiger partial charge in [0.1, 0.15) is 5.69 Å². The molecular weight excluding hydrogens is 294 g/mol. The molecule has 1 aromatic heterocycles. The number of anilines is 2. The highest BCUT2D eigenvalue weighted by Crippen LogP contribution is 2.14. The number of urea groups is 1. The molecule has 108 valence electrons. The first-order chi connectivity index (χ1) is 10.1. The van der Waals surface area contributed by atoms with Crippen LogP contribution in [0.4, 0.5) is 16.2 Å². The molecule has 0 saturated carbocycles. The second-order valence-electron chi connectivity index (χ2n) is 4.01. The average molecular weight is 306 g/mol. The lowest BCUT2D eigenvalue weighted by Gasteiger charge is -2.08. The normalized spacial score (nSPS) is 9.81. The molecule has 0 unspecified atom stereocenters. The van der Waals surface area contributed by atoms with Crippen LogP contribution in [0.25, 0.3) is 0 Å². The van der Waals surface area contributed by atoms with E-state index in [4.69, 9.17) is 11.6 Å². The van der Waals surface area contributed by atoms with Gasteiger partial charge in [-0.3, -0.25) is 0 Å². The van der Waals surface area contributed by atoms with E-state index in [1.165, 1.54) is 19.4 Å². The Morgan fingerprint density at radius 3 is 2.43 bits per heavy atom. The standard InChI is InChI=1S/C14H12ClN3O3/c1-21-13(19)12-8-11(6-7-16-12)18-14(20)17-10-4-2-9(15)3-5-10/h2-8H,1H3,(H2,16,17,18,20). The second kappa shape index (κ2) is 6.71. The third-order valence-corrected chi connectivity index (χ3v) is 2.77. The van der Waals surface area contributed by atoms with Crippen molar-refractivity contribution >= 4 is 35.0 Å². The third-order valence-electron chi connectivity index (χ3n) is 2.51. The third kappa shape index (κ3) is 4.19. The number of amides is 2. The van der Waals surface area contributed by atoms with Crippen LogP contribution in [0.2, 0.25) is 5.02 Å². The van der Waals surface area contributed by atoms with Gasteiger partial charge in [-0.1, -0.05) is 11.6 Å². The maximum absolute atomic E-state index is 11.8. The Labute approximate surface area is 126 Å². The quantitative estimate of drug-likeness (QED) is 0.854. The second-order valence-corrected chi connectivity index (χ2v) is 4.44. The lowest BCUT2D eigenvalue weighted by atomic mass is 10.3. The minimum atomic E-state index is -0.572. The van der Waals surface area contributed by atoms with Crippen LogP contribution in [0.15, 0.2) is 42.6 Å². The maximum atomic E-state index is 11.8. The fourth-order valence-corrected chi connectivity index (χ4v) is 1.68. The number of halogens is 1. The number of pyridine rings is 1. The SMILES string of the molecule is COC(=O)c1cc(NC(=O)Nc2ccc(Cl)cc2)ccn1. The van der Waals surface area contributed by atoms with Crippen LogP contribution in [0, 0.1) is 0 Å². The molecule has 0 saturated heterocycles. The van der Waals surface area contributed by atoms with Crippen LogP contribution in [0.5, 0.6) is 0 Å². The Morgan fingerprint density at radius 1 is 1.10 bits per heavy atom. The number of nitrogens with one attached hydrogen (secondary N) is 2. The van der Waals surface area contributed by atoms with Crippen LogP contribution < -0.4 is 10.6 Å². The van der Waals surface area contributed by atoms with Crippen molar-refractivity contribution in [2.75, 3.05) is 17.7 Å². The molecule has 2 rings (SSSR count). The molecule has 6 nitrogen and oxygen atoms in total. The lowest BCUT2D eigenvalue weighted by molar-refractivity contribution is 0.0594. The number of carbonyl (C=O) groups excluding carboxylic acids is 2. The smallest absolute Gasteiger partial charge is 0.356 e. The van der Waals surface area contributed by atoms with Gasteiger partial charge in [-0.15, -0.1) is 0 Å². The Balaban J connectivity index is 2.02. The predicted octanol–water partition coefficient (Wildman–Crippen LogP) is 3.17. The predicted molar refractivity (Wildman–Crippen MR) is 79.7 cm³/mol. The van der Waals surface area contributed by atoms with E-state index >= 15 is 0 Å². The highest BCUT2D eigenvalue weighted by Gasteiger charge is 2.09. The molecule has 0 bridgehead atoms. The molecule has 0 aliphatic carbocycles. The van der Waals surface area contributed by atoms with Crippen LogP contribution in [-0.4, -0.2) is 24.1 Å². The molecule has 0 aliphatic rings. The zero-order valence-electron chi connectivity index (χ0n) is 11.1. The van der Waals surface area contributed by atoms with Gasteiger partial charge >= 0.3 is 12.0 Å². The number of carbonyl (C=O) groups is 2. The minimum Gasteiger partial charge on any atom is -0.464 e. The van der Waals surface area contributed by atoms with Crippen molar-refractivity contribution in [3.63, 3.8) is 0 Å². The van der Waals surface area contributed by atoms with E-state index < -0.39 is 12.0 Å². The Morgan fingerprint density at radius 2 is 1.76 bits per heavy atom. The molecule has 0 fully saturated rings. The number of methoxy groups -OCH3 is 1. The number of ether oxygens (including phenoxy) is 1. The van der Waals surface area contributed by atoms with Crippen LogP contribution in [-0.2, 0) is 4.74 Å². The Kier molecular flexibility index (Phi) is 4.73. The molecule has 2 aromatic rings. The van der Waals surface area contributed by atoms with Crippen LogP contribution >= 0.6 is 11.6 Å². The topological polar surface area (TPSA) is 80.3 Å². The Bertz CT molecular complexity index is 659. The van der Waals surface area contributed by atoms with Crippen LogP contribution in [0.1, 0.15) is 10.5 Å². The van der Waals surface area contributed by atoms with Gasteiger partial charge in [0.2, 0.25) is 0 Å². The zero-order chi connectivity index (χ0) is 15.2. The lowest BCUT2D eigenvalue weighted by Crippen LogP contribution is -2.19. The van der Waals surface area contributed by atoms with Crippen molar-refractivity contribution in [1.29, 1.82) is 0 Å². The van der Waals surface area contributed by atoms with Gasteiger partial charge in [0.25, 0.3) is 0 Å². The van der Waals surface area contributed by atoms with E-state index in [-0.39, 0.29) is 5.69 Å². The van der Waals surface area contributed by atoms with Gasteiger partial charge in [-0.2, -0.15) is 0 Å². The van der Waals surface area contributed by atoms with Crippen molar-refractivity contribution in [3.8, 4) is 0 Å². The first-order valence-corrected chi connectivity index (χ1v) is 6.34. The Hall–Kier alpha value is -2.60. The summed E-state index contributed by atoms with van der Waals surface area (Å²) in [5.74, 6) is -0.572. The number of hydrogen-bond donors (Lipinski definition) is 2. The van der Waals surface area contributed by atoms with Crippen molar-refractivity contribution in [2.24, 2.45) is 0 Å². The largest absolute Gasteiger partial charge is 0.464 e. The molecule has 0 radical (unpaired) electrons. The summed E-state index contributed by atoms with van der Waals surface area (Å²) in [6, 6.07) is 9.22. The van der Waals surface area contributed by atoms with Crippen molar-refractivity contribution < 1.29 is 14.3 Å². The summed E-state index contributed by atoms with van der Waals surface area (Å²) in [6.45, 7) is 0. The number of rotatable bonds is 3. The van der Waals surface area contributed by atoms with Crippen molar-refractivity contribution in [3.05, 3.63) is 53.3 Å². The molecule has 2 N–H and O–H groups in total. The summed E-state index contributed by atoms with van der Waals surface area (Å²) in [5, 5.41) is 5.81. The number of esters is 1. The summed E-state index contributed by atoms with van der Waals surface area (Å²) in [4.78, 5) is 27.0. The molecular formula is C14H12ClN3O3. The van der Waals surface area contributed by atoms with E-state index in [1.54, 1.807) is 30.3 Å². The number of benzene rings is 1.